The van der Waals surface area contributed by atoms with Gasteiger partial charge in [-0.15, -0.1) is 0 Å². The van der Waals surface area contributed by atoms with Gasteiger partial charge in [0, 0.05) is 28.9 Å². The topological polar surface area (TPSA) is 168 Å². The third-order valence-corrected chi connectivity index (χ3v) is 6.39. The second-order valence-corrected chi connectivity index (χ2v) is 10.7. The number of carboxylic acid groups (broad SMARTS) is 2. The van der Waals surface area contributed by atoms with Crippen LogP contribution in [0.2, 0.25) is 0 Å². The van der Waals surface area contributed by atoms with Gasteiger partial charge in [0.1, 0.15) is 23.5 Å². The zero-order valence-corrected chi connectivity index (χ0v) is 26.9. The maximum Gasteiger partial charge on any atom is 0.490 e. The van der Waals surface area contributed by atoms with Gasteiger partial charge >= 0.3 is 24.3 Å². The number of aromatic nitrogens is 1. The highest BCUT2D eigenvalue weighted by atomic mass is 19.4. The summed E-state index contributed by atoms with van der Waals surface area (Å²) >= 11 is 0. The van der Waals surface area contributed by atoms with Crippen molar-refractivity contribution in [2.24, 2.45) is 5.73 Å². The third-order valence-electron chi connectivity index (χ3n) is 6.39. The number of ether oxygens (including phenoxy) is 3. The number of carboxylic acids is 2. The number of hydrogen-bond acceptors (Lipinski definition) is 8. The van der Waals surface area contributed by atoms with E-state index in [1.165, 1.54) is 0 Å². The number of nitrogens with one attached hydrogen (secondary N) is 1. The summed E-state index contributed by atoms with van der Waals surface area (Å²) in [7, 11) is 0. The number of nitrogens with zero attached hydrogens (tertiary/aromatic N) is 2. The van der Waals surface area contributed by atoms with E-state index in [1.807, 2.05) is 56.0 Å². The maximum absolute atomic E-state index is 15.6. The van der Waals surface area contributed by atoms with Crippen LogP contribution in [-0.4, -0.2) is 64.1 Å². The molecule has 0 radical (unpaired) electrons. The molecule has 4 rings (SSSR count). The number of nitrogens with two attached hydrogens (primary N) is 1. The van der Waals surface area contributed by atoms with Crippen molar-refractivity contribution < 1.29 is 64.7 Å². The Morgan fingerprint density at radius 1 is 1.00 bits per heavy atom. The Bertz CT molecular complexity index is 1570. The van der Waals surface area contributed by atoms with E-state index in [4.69, 9.17) is 50.1 Å². The van der Waals surface area contributed by atoms with Gasteiger partial charge in [-0.05, 0) is 76.4 Å². The molecule has 0 saturated heterocycles. The summed E-state index contributed by atoms with van der Waals surface area (Å²) in [6.07, 6.45) is -6.96. The summed E-state index contributed by atoms with van der Waals surface area (Å²) in [5, 5.41) is 22.0. The van der Waals surface area contributed by atoms with Gasteiger partial charge in [-0.2, -0.15) is 31.3 Å². The van der Waals surface area contributed by atoms with Gasteiger partial charge in [-0.25, -0.2) is 14.0 Å². The third kappa shape index (κ3) is 13.0. The van der Waals surface area contributed by atoms with Crippen LogP contribution in [0.25, 0.3) is 0 Å². The van der Waals surface area contributed by atoms with Gasteiger partial charge in [-0.3, -0.25) is 5.41 Å². The van der Waals surface area contributed by atoms with E-state index < -0.39 is 30.1 Å². The Morgan fingerprint density at radius 2 is 1.56 bits per heavy atom. The van der Waals surface area contributed by atoms with Crippen LogP contribution in [-0.2, 0) is 16.1 Å². The first kappa shape index (κ1) is 40.9. The molecule has 2 aromatic carbocycles. The minimum atomic E-state index is -5.08. The number of halogens is 7. The van der Waals surface area contributed by atoms with E-state index in [0.717, 1.165) is 24.9 Å². The van der Waals surface area contributed by atoms with Crippen molar-refractivity contribution in [3.8, 4) is 17.4 Å². The summed E-state index contributed by atoms with van der Waals surface area (Å²) < 4.78 is 96.6. The lowest BCUT2D eigenvalue weighted by atomic mass is 9.96. The largest absolute Gasteiger partial charge is 0.494 e. The fraction of sp³-hybridized carbons (Fsp3) is 0.375. The summed E-state index contributed by atoms with van der Waals surface area (Å²) in [6.45, 7) is 6.21. The Morgan fingerprint density at radius 3 is 2.00 bits per heavy atom. The Hall–Kier alpha value is -5.29. The molecule has 1 heterocycles. The molecule has 1 aliphatic carbocycles. The highest BCUT2D eigenvalue weighted by Gasteiger charge is 2.39. The molecule has 0 amide bonds. The second-order valence-electron chi connectivity index (χ2n) is 10.7. The van der Waals surface area contributed by atoms with E-state index in [1.54, 1.807) is 24.3 Å². The maximum atomic E-state index is 15.6. The quantitative estimate of drug-likeness (QED) is 0.0901. The van der Waals surface area contributed by atoms with Crippen molar-refractivity contribution in [1.29, 1.82) is 5.41 Å². The van der Waals surface area contributed by atoms with Crippen LogP contribution in [0.4, 0.5) is 42.2 Å². The number of alkyl halides is 6. The molecular formula is C32H35F7N4O7. The first-order valence-corrected chi connectivity index (χ1v) is 14.8. The minimum absolute atomic E-state index is 0.0203. The van der Waals surface area contributed by atoms with Gasteiger partial charge in [0.05, 0.1) is 19.3 Å². The number of pyridine rings is 1. The van der Waals surface area contributed by atoms with Crippen LogP contribution in [0.3, 0.4) is 0 Å². The second kappa shape index (κ2) is 17.9. The molecule has 274 valence electrons. The number of anilines is 2. The van der Waals surface area contributed by atoms with Crippen LogP contribution >= 0.6 is 0 Å². The molecule has 18 heteroatoms. The predicted octanol–water partition coefficient (Wildman–Crippen LogP) is 7.23. The van der Waals surface area contributed by atoms with E-state index in [-0.39, 0.29) is 30.3 Å². The Balaban J connectivity index is 0.000000521. The zero-order chi connectivity index (χ0) is 37.8. The first-order valence-electron chi connectivity index (χ1n) is 14.8. The smallest absolute Gasteiger partial charge is 0.490 e. The number of amidine groups is 1. The number of carbonyl (C=O) groups is 2. The number of hydrogen-bond donors (Lipinski definition) is 4. The van der Waals surface area contributed by atoms with E-state index in [0.29, 0.717) is 35.2 Å². The van der Waals surface area contributed by atoms with Gasteiger partial charge in [0.2, 0.25) is 5.88 Å². The minimum Gasteiger partial charge on any atom is -0.494 e. The number of rotatable bonds is 11. The predicted molar refractivity (Wildman–Crippen MR) is 167 cm³/mol. The molecule has 1 saturated carbocycles. The summed E-state index contributed by atoms with van der Waals surface area (Å²) in [6, 6.07) is 16.1. The SMILES string of the molecule is CCOc1cc(CN(c2ccc(C(=N)N)cc2)c2cccc(OC3CCC3)n2)c(F)c(OC(C)C)c1.O=C(O)C(F)(F)F.O=C(O)C(F)(F)F. The molecule has 0 spiro atoms. The molecule has 3 aromatic rings. The van der Waals surface area contributed by atoms with Gasteiger partial charge in [0.15, 0.2) is 11.6 Å². The molecular weight excluding hydrogens is 685 g/mol. The highest BCUT2D eigenvalue weighted by Crippen LogP contribution is 2.34. The average molecular weight is 721 g/mol. The van der Waals surface area contributed by atoms with Crippen molar-refractivity contribution in [3.63, 3.8) is 0 Å². The van der Waals surface area contributed by atoms with Crippen molar-refractivity contribution in [2.75, 3.05) is 11.5 Å². The van der Waals surface area contributed by atoms with E-state index in [2.05, 4.69) is 0 Å². The molecule has 1 aromatic heterocycles. The number of aliphatic carboxylic acids is 2. The van der Waals surface area contributed by atoms with Crippen LogP contribution in [0.5, 0.6) is 17.4 Å². The van der Waals surface area contributed by atoms with Gasteiger partial charge in [0.25, 0.3) is 0 Å². The molecule has 11 nitrogen and oxygen atoms in total. The van der Waals surface area contributed by atoms with Crippen molar-refractivity contribution in [1.82, 2.24) is 4.98 Å². The van der Waals surface area contributed by atoms with Crippen LogP contribution in [0, 0.1) is 11.2 Å². The van der Waals surface area contributed by atoms with Crippen molar-refractivity contribution in [3.05, 3.63) is 71.5 Å². The lowest BCUT2D eigenvalue weighted by molar-refractivity contribution is -0.193. The van der Waals surface area contributed by atoms with Crippen LogP contribution in [0.15, 0.2) is 54.6 Å². The molecule has 0 unspecified atom stereocenters. The average Bonchev–Trinajstić information content (AvgIpc) is 2.99. The molecule has 1 aliphatic rings. The van der Waals surface area contributed by atoms with Crippen LogP contribution in [0.1, 0.15) is 51.2 Å². The van der Waals surface area contributed by atoms with E-state index >= 15 is 4.39 Å². The fourth-order valence-corrected chi connectivity index (χ4v) is 3.91. The lowest BCUT2D eigenvalue weighted by Crippen LogP contribution is -2.25. The molecule has 1 fully saturated rings. The van der Waals surface area contributed by atoms with E-state index in [9.17, 15) is 26.3 Å². The Kier molecular flexibility index (Phi) is 14.6. The Labute approximate surface area is 281 Å². The number of nitrogen functional groups attached to an aromatic ring is 1. The lowest BCUT2D eigenvalue weighted by Gasteiger charge is -2.28. The van der Waals surface area contributed by atoms with Gasteiger partial charge in [-0.1, -0.05) is 6.07 Å². The molecule has 0 bridgehead atoms. The molecule has 50 heavy (non-hydrogen) atoms. The molecule has 5 N–H and O–H groups in total. The fourth-order valence-electron chi connectivity index (χ4n) is 3.91. The van der Waals surface area contributed by atoms with Crippen LogP contribution < -0.4 is 24.8 Å². The monoisotopic (exact) mass is 720 g/mol. The standard InChI is InChI=1S/C28H33FN4O3.2C2HF3O2/c1-4-34-23-15-20(27(29)24(16-23)35-18(2)3)17-33(21-13-11-19(12-14-21)28(30)31)25-9-6-10-26(32-25)36-22-7-5-8-22;2*3-2(4,5)1(6)7/h6,9-16,18,22H,4-5,7-8,17H2,1-3H3,(H3,30,31);2*(H,6,7). The van der Waals surface area contributed by atoms with Crippen molar-refractivity contribution >= 4 is 29.3 Å². The molecule has 0 atom stereocenters. The zero-order valence-electron chi connectivity index (χ0n) is 26.9. The summed E-state index contributed by atoms with van der Waals surface area (Å²) in [5.41, 5.74) is 7.41. The summed E-state index contributed by atoms with van der Waals surface area (Å²) in [4.78, 5) is 24.4. The highest BCUT2D eigenvalue weighted by molar-refractivity contribution is 5.95. The van der Waals surface area contributed by atoms with Crippen molar-refractivity contribution in [2.45, 2.75) is 71.1 Å². The number of benzene rings is 2. The van der Waals surface area contributed by atoms with Gasteiger partial charge < -0.3 is 35.1 Å². The first-order chi connectivity index (χ1) is 23.2. The molecule has 0 aliphatic heterocycles. The normalized spacial score (nSPS) is 12.7. The summed E-state index contributed by atoms with van der Waals surface area (Å²) in [5.74, 6) is -4.16.